The maximum Gasteiger partial charge on any atom is 0.314 e. The standard InChI is InChI=1S/C12H14N2O5/c13-6-2-5-10(12(16)17)11(15)8-3-1-4-9(7-8)14(18)19/h1,3-4,7,10H,2,5-6,13H2,(H,16,17). The van der Waals surface area contributed by atoms with Gasteiger partial charge in [0, 0.05) is 17.7 Å². The second kappa shape index (κ2) is 6.60. The number of nitro groups is 1. The molecular weight excluding hydrogens is 252 g/mol. The number of hydrogen-bond donors (Lipinski definition) is 2. The Morgan fingerprint density at radius 2 is 2.11 bits per heavy atom. The van der Waals surface area contributed by atoms with E-state index in [-0.39, 0.29) is 24.2 Å². The van der Waals surface area contributed by atoms with E-state index in [0.29, 0.717) is 6.42 Å². The summed E-state index contributed by atoms with van der Waals surface area (Å²) in [6.45, 7) is 0.284. The molecule has 1 rings (SSSR count). The Labute approximate surface area is 109 Å². The fourth-order valence-electron chi connectivity index (χ4n) is 1.66. The van der Waals surface area contributed by atoms with Gasteiger partial charge in [-0.3, -0.25) is 19.7 Å². The van der Waals surface area contributed by atoms with Crippen LogP contribution in [0.3, 0.4) is 0 Å². The van der Waals surface area contributed by atoms with E-state index in [2.05, 4.69) is 0 Å². The molecule has 0 saturated carbocycles. The number of nitrogens with zero attached hydrogens (tertiary/aromatic N) is 1. The number of nitrogens with two attached hydrogens (primary N) is 1. The van der Waals surface area contributed by atoms with E-state index in [9.17, 15) is 19.7 Å². The van der Waals surface area contributed by atoms with Crippen LogP contribution in [0.5, 0.6) is 0 Å². The molecule has 0 heterocycles. The number of Topliss-reactive ketones (excluding diaryl/α,β-unsaturated/α-hetero) is 1. The lowest BCUT2D eigenvalue weighted by Gasteiger charge is -2.10. The molecule has 0 spiro atoms. The number of carbonyl (C=O) groups is 2. The highest BCUT2D eigenvalue weighted by Gasteiger charge is 2.27. The van der Waals surface area contributed by atoms with Gasteiger partial charge in [-0.15, -0.1) is 0 Å². The topological polar surface area (TPSA) is 124 Å². The van der Waals surface area contributed by atoms with E-state index in [1.54, 1.807) is 0 Å². The quantitative estimate of drug-likeness (QED) is 0.331. The first-order valence-electron chi connectivity index (χ1n) is 5.69. The first-order chi connectivity index (χ1) is 8.97. The second-order valence-electron chi connectivity index (χ2n) is 3.99. The van der Waals surface area contributed by atoms with Crippen LogP contribution in [-0.4, -0.2) is 28.3 Å². The van der Waals surface area contributed by atoms with Gasteiger partial charge in [0.15, 0.2) is 5.78 Å². The minimum Gasteiger partial charge on any atom is -0.481 e. The molecular formula is C12H14N2O5. The van der Waals surface area contributed by atoms with Crippen molar-refractivity contribution in [2.45, 2.75) is 12.8 Å². The van der Waals surface area contributed by atoms with E-state index in [1.165, 1.54) is 18.2 Å². The molecule has 0 fully saturated rings. The van der Waals surface area contributed by atoms with E-state index in [0.717, 1.165) is 6.07 Å². The van der Waals surface area contributed by atoms with Gasteiger partial charge in [-0.1, -0.05) is 12.1 Å². The number of carboxylic acid groups (broad SMARTS) is 1. The maximum atomic E-state index is 12.0. The van der Waals surface area contributed by atoms with Gasteiger partial charge in [-0.25, -0.2) is 0 Å². The van der Waals surface area contributed by atoms with Crippen molar-refractivity contribution in [3.63, 3.8) is 0 Å². The van der Waals surface area contributed by atoms with Gasteiger partial charge in [0.25, 0.3) is 5.69 Å². The van der Waals surface area contributed by atoms with Crippen molar-refractivity contribution >= 4 is 17.4 Å². The number of ketones is 1. The Bertz CT molecular complexity index is 501. The Balaban J connectivity index is 2.99. The SMILES string of the molecule is NCCCC(C(=O)O)C(=O)c1cccc([N+](=O)[O-])c1. The van der Waals surface area contributed by atoms with Crippen molar-refractivity contribution in [3.8, 4) is 0 Å². The summed E-state index contributed by atoms with van der Waals surface area (Å²) in [4.78, 5) is 33.0. The van der Waals surface area contributed by atoms with Crippen LogP contribution in [-0.2, 0) is 4.79 Å². The summed E-state index contributed by atoms with van der Waals surface area (Å²) in [7, 11) is 0. The molecule has 1 aromatic rings. The average Bonchev–Trinajstić information content (AvgIpc) is 2.38. The smallest absolute Gasteiger partial charge is 0.314 e. The summed E-state index contributed by atoms with van der Waals surface area (Å²) in [5.41, 5.74) is 5.07. The van der Waals surface area contributed by atoms with Gasteiger partial charge in [0.2, 0.25) is 0 Å². The third kappa shape index (κ3) is 3.85. The van der Waals surface area contributed by atoms with Crippen molar-refractivity contribution in [1.29, 1.82) is 0 Å². The minimum atomic E-state index is -1.25. The van der Waals surface area contributed by atoms with Crippen LogP contribution in [0.2, 0.25) is 0 Å². The third-order valence-corrected chi connectivity index (χ3v) is 2.65. The molecule has 0 saturated heterocycles. The summed E-state index contributed by atoms with van der Waals surface area (Å²) in [6, 6.07) is 5.05. The molecule has 0 amide bonds. The van der Waals surface area contributed by atoms with Crippen LogP contribution >= 0.6 is 0 Å². The highest BCUT2D eigenvalue weighted by atomic mass is 16.6. The van der Waals surface area contributed by atoms with Crippen LogP contribution in [0.15, 0.2) is 24.3 Å². The first-order valence-corrected chi connectivity index (χ1v) is 5.69. The number of carboxylic acids is 1. The molecule has 3 N–H and O–H groups in total. The van der Waals surface area contributed by atoms with E-state index < -0.39 is 22.6 Å². The number of hydrogen-bond acceptors (Lipinski definition) is 5. The van der Waals surface area contributed by atoms with Crippen LogP contribution in [0, 0.1) is 16.0 Å². The summed E-state index contributed by atoms with van der Waals surface area (Å²) in [5, 5.41) is 19.6. The van der Waals surface area contributed by atoms with Gasteiger partial charge >= 0.3 is 5.97 Å². The third-order valence-electron chi connectivity index (χ3n) is 2.65. The molecule has 7 nitrogen and oxygen atoms in total. The van der Waals surface area contributed by atoms with Crippen LogP contribution in [0.1, 0.15) is 23.2 Å². The van der Waals surface area contributed by atoms with Gasteiger partial charge in [-0.2, -0.15) is 0 Å². The van der Waals surface area contributed by atoms with Crippen molar-refractivity contribution in [1.82, 2.24) is 0 Å². The number of aliphatic carboxylic acids is 1. The van der Waals surface area contributed by atoms with Crippen LogP contribution in [0.25, 0.3) is 0 Å². The lowest BCUT2D eigenvalue weighted by Crippen LogP contribution is -2.24. The summed E-state index contributed by atoms with van der Waals surface area (Å²) < 4.78 is 0. The van der Waals surface area contributed by atoms with Crippen molar-refractivity contribution in [2.24, 2.45) is 11.7 Å². The highest BCUT2D eigenvalue weighted by molar-refractivity contribution is 6.08. The van der Waals surface area contributed by atoms with Crippen molar-refractivity contribution in [2.75, 3.05) is 6.54 Å². The van der Waals surface area contributed by atoms with E-state index in [4.69, 9.17) is 10.8 Å². The molecule has 1 atom stereocenters. The van der Waals surface area contributed by atoms with Gasteiger partial charge < -0.3 is 10.8 Å². The zero-order valence-electron chi connectivity index (χ0n) is 10.1. The van der Waals surface area contributed by atoms with E-state index >= 15 is 0 Å². The Hall–Kier alpha value is -2.28. The zero-order valence-corrected chi connectivity index (χ0v) is 10.1. The predicted molar refractivity (Wildman–Crippen MR) is 66.8 cm³/mol. The molecule has 1 aromatic carbocycles. The van der Waals surface area contributed by atoms with Crippen LogP contribution < -0.4 is 5.73 Å². The molecule has 19 heavy (non-hydrogen) atoms. The van der Waals surface area contributed by atoms with Crippen molar-refractivity contribution in [3.05, 3.63) is 39.9 Å². The fraction of sp³-hybridized carbons (Fsp3) is 0.333. The molecule has 1 unspecified atom stereocenters. The number of nitro benzene ring substituents is 1. The minimum absolute atomic E-state index is 0.0265. The lowest BCUT2D eigenvalue weighted by atomic mass is 9.93. The monoisotopic (exact) mass is 266 g/mol. The number of non-ortho nitro benzene ring substituents is 1. The molecule has 102 valence electrons. The Morgan fingerprint density at radius 1 is 1.42 bits per heavy atom. The summed E-state index contributed by atoms with van der Waals surface area (Å²) >= 11 is 0. The van der Waals surface area contributed by atoms with Gasteiger partial charge in [0.05, 0.1) is 4.92 Å². The predicted octanol–water partition coefficient (Wildman–Crippen LogP) is 1.22. The molecule has 0 radical (unpaired) electrons. The summed E-state index contributed by atoms with van der Waals surface area (Å²) in [6.07, 6.45) is 0.519. The molecule has 0 aromatic heterocycles. The number of carbonyl (C=O) groups excluding carboxylic acids is 1. The maximum absolute atomic E-state index is 12.0. The highest BCUT2D eigenvalue weighted by Crippen LogP contribution is 2.19. The van der Waals surface area contributed by atoms with E-state index in [1.807, 2.05) is 0 Å². The molecule has 0 bridgehead atoms. The van der Waals surface area contributed by atoms with Gasteiger partial charge in [-0.05, 0) is 19.4 Å². The molecule has 0 aliphatic rings. The second-order valence-corrected chi connectivity index (χ2v) is 3.99. The number of benzene rings is 1. The fourth-order valence-corrected chi connectivity index (χ4v) is 1.66. The average molecular weight is 266 g/mol. The molecule has 7 heteroatoms. The normalized spacial score (nSPS) is 11.8. The van der Waals surface area contributed by atoms with Crippen LogP contribution in [0.4, 0.5) is 5.69 Å². The summed E-state index contributed by atoms with van der Waals surface area (Å²) in [5.74, 6) is -3.10. The Morgan fingerprint density at radius 3 is 2.63 bits per heavy atom. The van der Waals surface area contributed by atoms with Crippen molar-refractivity contribution < 1.29 is 19.6 Å². The first kappa shape index (κ1) is 14.8. The molecule has 0 aliphatic carbocycles. The Kier molecular flexibility index (Phi) is 5.13. The van der Waals surface area contributed by atoms with Gasteiger partial charge in [0.1, 0.15) is 5.92 Å². The largest absolute Gasteiger partial charge is 0.481 e. The molecule has 0 aliphatic heterocycles. The lowest BCUT2D eigenvalue weighted by molar-refractivity contribution is -0.384. The number of rotatable bonds is 7. The zero-order chi connectivity index (χ0) is 14.4.